The van der Waals surface area contributed by atoms with E-state index in [-0.39, 0.29) is 48.2 Å². The van der Waals surface area contributed by atoms with E-state index < -0.39 is 28.9 Å². The number of hydrogen-bond acceptors (Lipinski definition) is 9. The van der Waals surface area contributed by atoms with Gasteiger partial charge in [0.05, 0.1) is 34.6 Å². The summed E-state index contributed by atoms with van der Waals surface area (Å²) in [6.07, 6.45) is -0.214. The van der Waals surface area contributed by atoms with Crippen molar-refractivity contribution >= 4 is 52.1 Å². The van der Waals surface area contributed by atoms with Gasteiger partial charge in [0, 0.05) is 30.8 Å². The summed E-state index contributed by atoms with van der Waals surface area (Å²) < 4.78 is 5.20. The number of nitrogens with one attached hydrogen (secondary N) is 2. The maximum absolute atomic E-state index is 13.0. The number of amidine groups is 1. The summed E-state index contributed by atoms with van der Waals surface area (Å²) in [5.74, 6) is -1.25. The van der Waals surface area contributed by atoms with Crippen molar-refractivity contribution in [2.45, 2.75) is 26.3 Å². The Morgan fingerprint density at radius 2 is 1.95 bits per heavy atom. The molecule has 14 heteroatoms. The van der Waals surface area contributed by atoms with Gasteiger partial charge < -0.3 is 15.0 Å². The number of carbonyl (C=O) groups excluding carboxylic acids is 4. The minimum Gasteiger partial charge on any atom is -0.463 e. The van der Waals surface area contributed by atoms with Crippen LogP contribution in [-0.4, -0.2) is 57.7 Å². The number of nitro groups is 1. The van der Waals surface area contributed by atoms with Crippen LogP contribution in [0.3, 0.4) is 0 Å². The molecule has 0 aromatic heterocycles. The predicted octanol–water partition coefficient (Wildman–Crippen LogP) is 3.06. The summed E-state index contributed by atoms with van der Waals surface area (Å²) in [5, 5.41) is 18.4. The molecule has 13 nitrogen and oxygen atoms in total. The van der Waals surface area contributed by atoms with Gasteiger partial charge in [0.1, 0.15) is 0 Å². The highest BCUT2D eigenvalue weighted by molar-refractivity contribution is 8.15. The van der Waals surface area contributed by atoms with Gasteiger partial charge in [-0.25, -0.2) is 15.0 Å². The summed E-state index contributed by atoms with van der Waals surface area (Å²) in [6, 6.07) is 12.9. The van der Waals surface area contributed by atoms with Gasteiger partial charge in [-0.1, -0.05) is 42.1 Å². The molecule has 0 radical (unpaired) electrons. The standard InChI is InChI=1S/C26H26N6O7S/c1-3-39-24(35)22-16(2)27-25(36)30(23(22)17-8-7-11-19(14-17)32(37)38)13-12-20(33)28-29-26-31(21(34)15-40-26)18-9-5-4-6-10-18/h4-11,14,23H,3,12-13,15H2,1-2H3,(H,27,36)(H,28,33)/b29-26+. The molecule has 0 saturated carbocycles. The van der Waals surface area contributed by atoms with Crippen LogP contribution in [0.2, 0.25) is 0 Å². The minimum atomic E-state index is -1.04. The van der Waals surface area contributed by atoms with E-state index >= 15 is 0 Å². The molecule has 40 heavy (non-hydrogen) atoms. The van der Waals surface area contributed by atoms with Gasteiger partial charge in [-0.05, 0) is 31.5 Å². The van der Waals surface area contributed by atoms with Crippen LogP contribution in [-0.2, 0) is 19.1 Å². The summed E-state index contributed by atoms with van der Waals surface area (Å²) in [6.45, 7) is 3.10. The van der Waals surface area contributed by atoms with Crippen molar-refractivity contribution in [2.24, 2.45) is 5.10 Å². The lowest BCUT2D eigenvalue weighted by atomic mass is 9.93. The first-order valence-electron chi connectivity index (χ1n) is 12.3. The van der Waals surface area contributed by atoms with E-state index in [2.05, 4.69) is 15.8 Å². The Labute approximate surface area is 233 Å². The molecule has 2 N–H and O–H groups in total. The fourth-order valence-corrected chi connectivity index (χ4v) is 5.13. The SMILES string of the molecule is CCOC(=O)C1=C(C)NC(=O)N(CCC(=O)N/N=C2/SCC(=O)N2c2ccccc2)C1c1cccc([N+](=O)[O-])c1. The molecule has 2 aliphatic rings. The lowest BCUT2D eigenvalue weighted by Crippen LogP contribution is -2.49. The maximum Gasteiger partial charge on any atom is 0.338 e. The number of hydrazone groups is 1. The summed E-state index contributed by atoms with van der Waals surface area (Å²) >= 11 is 1.18. The number of ether oxygens (including phenoxy) is 1. The van der Waals surface area contributed by atoms with Gasteiger partial charge in [0.2, 0.25) is 11.8 Å². The average Bonchev–Trinajstić information content (AvgIpc) is 3.31. The number of nitro benzene ring substituents is 1. The third kappa shape index (κ3) is 6.12. The normalized spacial score (nSPS) is 18.1. The lowest BCUT2D eigenvalue weighted by molar-refractivity contribution is -0.384. The van der Waals surface area contributed by atoms with E-state index in [1.807, 2.05) is 6.07 Å². The number of rotatable bonds is 9. The number of para-hydroxylation sites is 1. The van der Waals surface area contributed by atoms with Crippen LogP contribution in [0.4, 0.5) is 16.2 Å². The first-order chi connectivity index (χ1) is 19.2. The lowest BCUT2D eigenvalue weighted by Gasteiger charge is -2.37. The van der Waals surface area contributed by atoms with Crippen molar-refractivity contribution in [1.82, 2.24) is 15.6 Å². The Balaban J connectivity index is 1.55. The third-order valence-corrected chi connectivity index (χ3v) is 7.00. The zero-order chi connectivity index (χ0) is 28.8. The molecule has 1 atom stereocenters. The molecule has 4 rings (SSSR count). The number of non-ortho nitro benzene ring substituents is 1. The van der Waals surface area contributed by atoms with Gasteiger partial charge in [-0.3, -0.25) is 24.6 Å². The molecular weight excluding hydrogens is 540 g/mol. The van der Waals surface area contributed by atoms with Crippen molar-refractivity contribution < 1.29 is 28.8 Å². The monoisotopic (exact) mass is 566 g/mol. The first-order valence-corrected chi connectivity index (χ1v) is 13.3. The van der Waals surface area contributed by atoms with Crippen LogP contribution < -0.4 is 15.6 Å². The molecule has 2 aromatic carbocycles. The molecule has 208 valence electrons. The van der Waals surface area contributed by atoms with Crippen molar-refractivity contribution in [1.29, 1.82) is 0 Å². The molecule has 1 saturated heterocycles. The fourth-order valence-electron chi connectivity index (χ4n) is 4.30. The average molecular weight is 567 g/mol. The van der Waals surface area contributed by atoms with E-state index in [9.17, 15) is 29.3 Å². The molecule has 0 aliphatic carbocycles. The Morgan fingerprint density at radius 3 is 2.65 bits per heavy atom. The summed E-state index contributed by atoms with van der Waals surface area (Å²) in [5.41, 5.74) is 3.48. The Bertz CT molecular complexity index is 1410. The molecule has 1 unspecified atom stereocenters. The predicted molar refractivity (Wildman–Crippen MR) is 147 cm³/mol. The second-order valence-electron chi connectivity index (χ2n) is 8.67. The highest BCUT2D eigenvalue weighted by Crippen LogP contribution is 2.35. The highest BCUT2D eigenvalue weighted by atomic mass is 32.2. The zero-order valence-corrected chi connectivity index (χ0v) is 22.5. The summed E-state index contributed by atoms with van der Waals surface area (Å²) in [4.78, 5) is 64.6. The second kappa shape index (κ2) is 12.4. The van der Waals surface area contributed by atoms with Crippen molar-refractivity contribution in [2.75, 3.05) is 23.8 Å². The van der Waals surface area contributed by atoms with Gasteiger partial charge in [0.25, 0.3) is 5.69 Å². The van der Waals surface area contributed by atoms with Crippen LogP contribution >= 0.6 is 11.8 Å². The maximum atomic E-state index is 13.0. The van der Waals surface area contributed by atoms with Crippen LogP contribution in [0.15, 0.2) is 71.0 Å². The van der Waals surface area contributed by atoms with Crippen LogP contribution in [0.5, 0.6) is 0 Å². The Kier molecular flexibility index (Phi) is 8.79. The number of urea groups is 1. The number of allylic oxidation sites excluding steroid dienone is 1. The molecule has 2 heterocycles. The van der Waals surface area contributed by atoms with E-state index in [4.69, 9.17) is 4.74 Å². The van der Waals surface area contributed by atoms with E-state index in [0.717, 1.165) is 0 Å². The highest BCUT2D eigenvalue weighted by Gasteiger charge is 2.39. The van der Waals surface area contributed by atoms with Crippen molar-refractivity contribution in [3.05, 3.63) is 81.5 Å². The second-order valence-corrected chi connectivity index (χ2v) is 9.61. The van der Waals surface area contributed by atoms with Gasteiger partial charge in [-0.2, -0.15) is 0 Å². The fraction of sp³-hybridized carbons (Fsp3) is 0.269. The first kappa shape index (κ1) is 28.3. The molecular formula is C26H26N6O7S. The number of nitrogens with zero attached hydrogens (tertiary/aromatic N) is 4. The largest absolute Gasteiger partial charge is 0.463 e. The number of esters is 1. The van der Waals surface area contributed by atoms with E-state index in [1.54, 1.807) is 37.3 Å². The molecule has 0 spiro atoms. The Hall–Kier alpha value is -4.72. The number of carbonyl (C=O) groups is 4. The van der Waals surface area contributed by atoms with E-state index in [1.165, 1.54) is 46.7 Å². The van der Waals surface area contributed by atoms with Crippen LogP contribution in [0.25, 0.3) is 0 Å². The number of hydrogen-bond donors (Lipinski definition) is 2. The zero-order valence-electron chi connectivity index (χ0n) is 21.7. The molecule has 2 aromatic rings. The molecule has 2 aliphatic heterocycles. The third-order valence-electron chi connectivity index (χ3n) is 6.07. The number of benzene rings is 2. The molecule has 4 amide bonds. The number of amides is 4. The van der Waals surface area contributed by atoms with Gasteiger partial charge in [-0.15, -0.1) is 5.10 Å². The summed E-state index contributed by atoms with van der Waals surface area (Å²) in [7, 11) is 0. The van der Waals surface area contributed by atoms with Gasteiger partial charge >= 0.3 is 12.0 Å². The topological polar surface area (TPSA) is 164 Å². The molecule has 1 fully saturated rings. The van der Waals surface area contributed by atoms with Crippen LogP contribution in [0.1, 0.15) is 31.9 Å². The minimum absolute atomic E-state index is 0.0779. The Morgan fingerprint density at radius 1 is 1.20 bits per heavy atom. The van der Waals surface area contributed by atoms with E-state index in [0.29, 0.717) is 16.4 Å². The number of anilines is 1. The van der Waals surface area contributed by atoms with Crippen molar-refractivity contribution in [3.63, 3.8) is 0 Å². The van der Waals surface area contributed by atoms with Crippen molar-refractivity contribution in [3.8, 4) is 0 Å². The van der Waals surface area contributed by atoms with Gasteiger partial charge in [0.15, 0.2) is 5.17 Å². The number of thioether (sulfide) groups is 1. The molecule has 0 bridgehead atoms. The quantitative estimate of drug-likeness (QED) is 0.266. The van der Waals surface area contributed by atoms with Crippen LogP contribution in [0, 0.1) is 10.1 Å². The smallest absolute Gasteiger partial charge is 0.338 e.